The summed E-state index contributed by atoms with van der Waals surface area (Å²) in [5.74, 6) is -0.642. The van der Waals surface area contributed by atoms with Gasteiger partial charge in [0.2, 0.25) is 0 Å². The van der Waals surface area contributed by atoms with E-state index in [1.807, 2.05) is 50.4 Å². The molecule has 1 aromatic rings. The van der Waals surface area contributed by atoms with Crippen LogP contribution in [0, 0.1) is 17.3 Å². The maximum absolute atomic E-state index is 12.6. The summed E-state index contributed by atoms with van der Waals surface area (Å²) in [5.41, 5.74) is 3.74. The molecule has 2 saturated carbocycles. The highest BCUT2D eigenvalue weighted by Crippen LogP contribution is 2.64. The van der Waals surface area contributed by atoms with Crippen molar-refractivity contribution in [2.75, 3.05) is 33.3 Å². The molecule has 0 aliphatic heterocycles. The molecule has 2 aliphatic carbocycles. The Kier molecular flexibility index (Phi) is 16.9. The number of aliphatic hydroxyl groups is 4. The molecule has 6 N–H and O–H groups in total. The van der Waals surface area contributed by atoms with Crippen molar-refractivity contribution < 1.29 is 25.2 Å². The van der Waals surface area contributed by atoms with Crippen molar-refractivity contribution in [1.82, 2.24) is 10.6 Å². The Bertz CT molecular complexity index is 1320. The number of allylic oxidation sites excluding steroid dienone is 7. The summed E-state index contributed by atoms with van der Waals surface area (Å²) in [7, 11) is 1.86. The summed E-state index contributed by atoms with van der Waals surface area (Å²) in [6.07, 6.45) is 14.0. The lowest BCUT2D eigenvalue weighted by Crippen LogP contribution is -2.61. The number of hydrogen-bond acceptors (Lipinski definition) is 7. The average molecular weight is 677 g/mol. The molecular formula is C42H64N2O5. The van der Waals surface area contributed by atoms with Gasteiger partial charge in [-0.1, -0.05) is 84.9 Å². The van der Waals surface area contributed by atoms with Crippen molar-refractivity contribution >= 4 is 6.29 Å². The first-order valence-corrected chi connectivity index (χ1v) is 18.5. The van der Waals surface area contributed by atoms with Gasteiger partial charge >= 0.3 is 0 Å². The molecule has 6 unspecified atom stereocenters. The number of aldehydes is 1. The van der Waals surface area contributed by atoms with E-state index in [2.05, 4.69) is 49.3 Å². The summed E-state index contributed by atoms with van der Waals surface area (Å²) < 4.78 is 0. The van der Waals surface area contributed by atoms with Crippen LogP contribution in [0.1, 0.15) is 90.5 Å². The predicted octanol–water partition coefficient (Wildman–Crippen LogP) is 6.15. The Morgan fingerprint density at radius 2 is 1.94 bits per heavy atom. The van der Waals surface area contributed by atoms with Gasteiger partial charge in [0.15, 0.2) is 0 Å². The molecule has 1 aromatic carbocycles. The zero-order valence-electron chi connectivity index (χ0n) is 30.6. The molecule has 7 nitrogen and oxygen atoms in total. The van der Waals surface area contributed by atoms with Gasteiger partial charge in [-0.05, 0) is 127 Å². The molecule has 0 radical (unpaired) electrons. The third-order valence-corrected chi connectivity index (χ3v) is 11.2. The van der Waals surface area contributed by atoms with Crippen LogP contribution in [0.4, 0.5) is 0 Å². The van der Waals surface area contributed by atoms with Crippen LogP contribution < -0.4 is 10.6 Å². The van der Waals surface area contributed by atoms with E-state index in [-0.39, 0.29) is 18.4 Å². The average Bonchev–Trinajstić information content (AvgIpc) is 3.45. The van der Waals surface area contributed by atoms with Crippen LogP contribution in [0.5, 0.6) is 0 Å². The highest BCUT2D eigenvalue weighted by Gasteiger charge is 2.65. The van der Waals surface area contributed by atoms with Crippen LogP contribution in [0.15, 0.2) is 89.1 Å². The number of aryl methyl sites for hydroxylation is 1. The summed E-state index contributed by atoms with van der Waals surface area (Å²) in [5, 5.41) is 53.5. The van der Waals surface area contributed by atoms with Gasteiger partial charge in [-0.2, -0.15) is 0 Å². The summed E-state index contributed by atoms with van der Waals surface area (Å²) in [6.45, 7) is 12.7. The van der Waals surface area contributed by atoms with Gasteiger partial charge in [-0.15, -0.1) is 0 Å². The number of likely N-dealkylation sites (N-methyl/N-ethyl adjacent to an activating group) is 1. The lowest BCUT2D eigenvalue weighted by atomic mass is 9.51. The smallest absolute Gasteiger partial charge is 0.145 e. The number of carbonyl (C=O) groups excluding carboxylic acids is 1. The molecule has 2 fully saturated rings. The molecule has 0 heterocycles. The fourth-order valence-corrected chi connectivity index (χ4v) is 8.52. The van der Waals surface area contributed by atoms with Gasteiger partial charge in [0.25, 0.3) is 0 Å². The van der Waals surface area contributed by atoms with Crippen LogP contribution in [0.25, 0.3) is 0 Å². The fraction of sp³-hybridized carbons (Fsp3) is 0.595. The van der Waals surface area contributed by atoms with E-state index >= 15 is 0 Å². The molecule has 1 spiro atoms. The first-order valence-electron chi connectivity index (χ1n) is 18.5. The van der Waals surface area contributed by atoms with Crippen LogP contribution >= 0.6 is 0 Å². The quantitative estimate of drug-likeness (QED) is 0.0424. The lowest BCUT2D eigenvalue weighted by molar-refractivity contribution is -0.181. The van der Waals surface area contributed by atoms with E-state index in [0.717, 1.165) is 54.5 Å². The Morgan fingerprint density at radius 3 is 2.61 bits per heavy atom. The highest BCUT2D eigenvalue weighted by atomic mass is 16.3. The standard InChI is InChI=1S/C42H64N2O5/c1-6-44-29-32(3)15-10-13-31(2)14-11-18-36(39(47)21-20-34-16-8-7-9-17-34)37-23-25-42(40(37)48)38(19-12-28-45)35(33(4)30-46)22-24-41(42,49)26-27-43-5/h7-9,11,14-18,30,37-40,43-45,47-49H,2,6,10,12-13,19-29H2,1,3-5H3. The van der Waals surface area contributed by atoms with Crippen LogP contribution in [-0.2, 0) is 11.2 Å². The lowest BCUT2D eigenvalue weighted by Gasteiger charge is -2.57. The Labute approximate surface area is 296 Å². The van der Waals surface area contributed by atoms with Crippen LogP contribution in [0.3, 0.4) is 0 Å². The number of aliphatic hydroxyl groups excluding tert-OH is 3. The van der Waals surface area contributed by atoms with Crippen molar-refractivity contribution in [2.24, 2.45) is 17.3 Å². The molecule has 3 rings (SSSR count). The van der Waals surface area contributed by atoms with E-state index in [1.165, 1.54) is 5.57 Å². The third-order valence-electron chi connectivity index (χ3n) is 11.2. The minimum Gasteiger partial charge on any atom is -0.396 e. The largest absolute Gasteiger partial charge is 0.396 e. The molecule has 0 aromatic heterocycles. The zero-order valence-corrected chi connectivity index (χ0v) is 30.6. The van der Waals surface area contributed by atoms with Gasteiger partial charge in [0.1, 0.15) is 6.29 Å². The van der Waals surface area contributed by atoms with Gasteiger partial charge < -0.3 is 31.1 Å². The summed E-state index contributed by atoms with van der Waals surface area (Å²) >= 11 is 0. The Balaban J connectivity index is 2.00. The first kappa shape index (κ1) is 40.8. The van der Waals surface area contributed by atoms with E-state index in [9.17, 15) is 25.2 Å². The van der Waals surface area contributed by atoms with Crippen LogP contribution in [0.2, 0.25) is 0 Å². The van der Waals surface area contributed by atoms with Gasteiger partial charge in [-0.25, -0.2) is 0 Å². The zero-order chi connectivity index (χ0) is 35.9. The van der Waals surface area contributed by atoms with E-state index in [4.69, 9.17) is 0 Å². The monoisotopic (exact) mass is 676 g/mol. The molecule has 7 heteroatoms. The number of benzene rings is 1. The summed E-state index contributed by atoms with van der Waals surface area (Å²) in [4.78, 5) is 12.1. The van der Waals surface area contributed by atoms with Crippen LogP contribution in [-0.4, -0.2) is 77.8 Å². The maximum Gasteiger partial charge on any atom is 0.145 e. The summed E-state index contributed by atoms with van der Waals surface area (Å²) in [6, 6.07) is 10.1. The van der Waals surface area contributed by atoms with E-state index in [0.29, 0.717) is 69.9 Å². The molecule has 0 saturated heterocycles. The second kappa shape index (κ2) is 20.3. The molecule has 272 valence electrons. The van der Waals surface area contributed by atoms with Crippen molar-refractivity contribution in [1.29, 1.82) is 0 Å². The molecule has 6 atom stereocenters. The SMILES string of the molecule is C=C(C=CC=C(C(O)CCc1ccccc1)C1CCC2(C(CCCO)C(=C(C)C=O)CCC2(O)CCNC)C1O)CCC=C(C)CNCC. The molecule has 0 amide bonds. The number of nitrogens with one attached hydrogen (secondary N) is 2. The van der Waals surface area contributed by atoms with Crippen molar-refractivity contribution in [3.05, 3.63) is 94.6 Å². The third kappa shape index (κ3) is 10.4. The normalized spacial score (nSPS) is 28.0. The Hall–Kier alpha value is -2.65. The first-order chi connectivity index (χ1) is 23.6. The molecule has 49 heavy (non-hydrogen) atoms. The minimum atomic E-state index is -1.18. The van der Waals surface area contributed by atoms with Crippen molar-refractivity contribution in [3.63, 3.8) is 0 Å². The topological polar surface area (TPSA) is 122 Å². The minimum absolute atomic E-state index is 0.00249. The molecule has 2 aliphatic rings. The number of hydrogen-bond donors (Lipinski definition) is 6. The molecule has 0 bridgehead atoms. The van der Waals surface area contributed by atoms with Gasteiger partial charge in [0, 0.05) is 24.5 Å². The number of rotatable bonds is 20. The fourth-order valence-electron chi connectivity index (χ4n) is 8.52. The highest BCUT2D eigenvalue weighted by molar-refractivity contribution is 5.74. The second-order valence-corrected chi connectivity index (χ2v) is 14.4. The second-order valence-electron chi connectivity index (χ2n) is 14.4. The van der Waals surface area contributed by atoms with E-state index in [1.54, 1.807) is 0 Å². The number of carbonyl (C=O) groups is 1. The maximum atomic E-state index is 12.6. The van der Waals surface area contributed by atoms with Gasteiger partial charge in [0.05, 0.1) is 17.8 Å². The van der Waals surface area contributed by atoms with Crippen molar-refractivity contribution in [3.8, 4) is 0 Å². The Morgan fingerprint density at radius 1 is 1.18 bits per heavy atom. The van der Waals surface area contributed by atoms with Crippen molar-refractivity contribution in [2.45, 2.75) is 109 Å². The molecular weight excluding hydrogens is 612 g/mol. The van der Waals surface area contributed by atoms with Gasteiger partial charge in [-0.3, -0.25) is 4.79 Å². The predicted molar refractivity (Wildman–Crippen MR) is 201 cm³/mol. The van der Waals surface area contributed by atoms with E-state index < -0.39 is 23.2 Å².